The smallest absolute Gasteiger partial charge is 0.356 e. The molecule has 0 atom stereocenters. The number of hydrogen-bond acceptors (Lipinski definition) is 6. The van der Waals surface area contributed by atoms with E-state index in [1.54, 1.807) is 0 Å². The molecule has 1 rings (SSSR count). The largest absolute Gasteiger partial charge is 0.392 e. The summed E-state index contributed by atoms with van der Waals surface area (Å²) < 4.78 is 0. The van der Waals surface area contributed by atoms with E-state index in [0.29, 0.717) is 0 Å². The third-order valence-electron chi connectivity index (χ3n) is 0.965. The Morgan fingerprint density at radius 1 is 1.38 bits per heavy atom. The van der Waals surface area contributed by atoms with Gasteiger partial charge in [0.05, 0.1) is 6.61 Å². The molecule has 1 aromatic heterocycles. The van der Waals surface area contributed by atoms with E-state index in [4.69, 9.17) is 14.9 Å². The highest BCUT2D eigenvalue weighted by Gasteiger charge is 2.13. The quantitative estimate of drug-likeness (QED) is 0.474. The molecule has 90 valence electrons. The molecule has 0 bridgehead atoms. The minimum Gasteiger partial charge on any atom is -0.392 e. The van der Waals surface area contributed by atoms with E-state index in [9.17, 15) is 0 Å². The van der Waals surface area contributed by atoms with Gasteiger partial charge in [-0.25, -0.2) is 4.98 Å². The Morgan fingerprint density at radius 2 is 1.88 bits per heavy atom. The first-order valence-electron chi connectivity index (χ1n) is 4.69. The Bertz CT molecular complexity index is 285. The summed E-state index contributed by atoms with van der Waals surface area (Å²) in [6.45, 7) is 8.92. The van der Waals surface area contributed by atoms with Crippen LogP contribution in [0.5, 0.6) is 6.01 Å². The van der Waals surface area contributed by atoms with Crippen molar-refractivity contribution in [2.24, 2.45) is 0 Å². The molecule has 0 aromatic carbocycles. The molecule has 0 fully saturated rings. The van der Waals surface area contributed by atoms with E-state index < -0.39 is 0 Å². The molecule has 0 aliphatic rings. The Balaban J connectivity index is 0.000000487. The number of nitrogens with zero attached hydrogens (tertiary/aromatic N) is 3. The summed E-state index contributed by atoms with van der Waals surface area (Å²) in [6, 6.07) is 0.167. The lowest BCUT2D eigenvalue weighted by Gasteiger charge is -2.15. The molecule has 1 N–H and O–H groups in total. The number of aromatic nitrogens is 3. The Hall–Kier alpha value is -1.53. The van der Waals surface area contributed by atoms with E-state index >= 15 is 0 Å². The fourth-order valence-corrected chi connectivity index (χ4v) is 0.434. The lowest BCUT2D eigenvalue weighted by Crippen LogP contribution is -2.21. The molecule has 0 amide bonds. The topological polar surface area (TPSA) is 77.4 Å². The zero-order valence-corrected chi connectivity index (χ0v) is 9.75. The highest BCUT2D eigenvalue weighted by molar-refractivity contribution is 4.84. The Labute approximate surface area is 94.9 Å². The summed E-state index contributed by atoms with van der Waals surface area (Å²) >= 11 is 0. The van der Waals surface area contributed by atoms with Gasteiger partial charge >= 0.3 is 6.01 Å². The molecule has 16 heavy (non-hydrogen) atoms. The standard InChI is InChI=1S/C7H11N3O2.C3H6O/c1-7(2,3)12-11-6-9-4-8-5-10-6;1-2-3-4/h4-5H,1-3H3;2,4H,1,3H2. The van der Waals surface area contributed by atoms with E-state index in [0.717, 1.165) is 0 Å². The molecule has 0 radical (unpaired) electrons. The lowest BCUT2D eigenvalue weighted by atomic mass is 10.2. The number of rotatable bonds is 3. The number of aliphatic hydroxyl groups is 1. The van der Waals surface area contributed by atoms with Crippen LogP contribution in [0, 0.1) is 0 Å². The molecule has 1 heterocycles. The highest BCUT2D eigenvalue weighted by atomic mass is 17.2. The van der Waals surface area contributed by atoms with Crippen LogP contribution in [-0.4, -0.2) is 32.3 Å². The van der Waals surface area contributed by atoms with Crippen molar-refractivity contribution in [3.63, 3.8) is 0 Å². The summed E-state index contributed by atoms with van der Waals surface area (Å²) in [5.41, 5.74) is -0.368. The summed E-state index contributed by atoms with van der Waals surface area (Å²) in [6.07, 6.45) is 4.11. The maximum atomic E-state index is 7.76. The third kappa shape index (κ3) is 9.04. The highest BCUT2D eigenvalue weighted by Crippen LogP contribution is 2.08. The first-order chi connectivity index (χ1) is 7.49. The van der Waals surface area contributed by atoms with Crippen molar-refractivity contribution in [1.82, 2.24) is 15.0 Å². The SMILES string of the molecule is C=CCO.CC(C)(C)OOc1ncncn1. The van der Waals surface area contributed by atoms with Crippen LogP contribution in [0.25, 0.3) is 0 Å². The van der Waals surface area contributed by atoms with Gasteiger partial charge < -0.3 is 5.11 Å². The van der Waals surface area contributed by atoms with Crippen LogP contribution in [0.3, 0.4) is 0 Å². The fourth-order valence-electron chi connectivity index (χ4n) is 0.434. The van der Waals surface area contributed by atoms with Gasteiger partial charge in [0.2, 0.25) is 0 Å². The molecule has 0 aliphatic heterocycles. The van der Waals surface area contributed by atoms with E-state index in [-0.39, 0.29) is 18.2 Å². The maximum Gasteiger partial charge on any atom is 0.356 e. The number of aliphatic hydroxyl groups excluding tert-OH is 1. The van der Waals surface area contributed by atoms with Crippen LogP contribution in [-0.2, 0) is 4.89 Å². The molecule has 0 saturated heterocycles. The molecular weight excluding hydrogens is 210 g/mol. The average Bonchev–Trinajstić information content (AvgIpc) is 2.27. The van der Waals surface area contributed by atoms with Crippen molar-refractivity contribution >= 4 is 0 Å². The van der Waals surface area contributed by atoms with Gasteiger partial charge in [0, 0.05) is 0 Å². The molecular formula is C10H17N3O3. The monoisotopic (exact) mass is 227 g/mol. The van der Waals surface area contributed by atoms with Crippen molar-refractivity contribution in [2.45, 2.75) is 26.4 Å². The van der Waals surface area contributed by atoms with Crippen molar-refractivity contribution in [3.05, 3.63) is 25.3 Å². The normalized spacial score (nSPS) is 10.0. The summed E-state index contributed by atoms with van der Waals surface area (Å²) in [7, 11) is 0. The fraction of sp³-hybridized carbons (Fsp3) is 0.500. The van der Waals surface area contributed by atoms with Gasteiger partial charge in [-0.05, 0) is 20.8 Å². The zero-order valence-electron chi connectivity index (χ0n) is 9.75. The molecule has 1 aromatic rings. The van der Waals surface area contributed by atoms with Crippen molar-refractivity contribution in [2.75, 3.05) is 6.61 Å². The second kappa shape index (κ2) is 7.72. The molecule has 0 saturated carbocycles. The van der Waals surface area contributed by atoms with Crippen LogP contribution >= 0.6 is 0 Å². The average molecular weight is 227 g/mol. The first kappa shape index (κ1) is 14.5. The van der Waals surface area contributed by atoms with Crippen molar-refractivity contribution in [3.8, 4) is 6.01 Å². The molecule has 6 heteroatoms. The zero-order chi connectivity index (χ0) is 12.4. The van der Waals surface area contributed by atoms with Crippen LogP contribution in [0.15, 0.2) is 25.3 Å². The summed E-state index contributed by atoms with van der Waals surface area (Å²) in [5.74, 6) is 0. The van der Waals surface area contributed by atoms with E-state index in [1.165, 1.54) is 18.7 Å². The van der Waals surface area contributed by atoms with Crippen LogP contribution in [0.1, 0.15) is 20.8 Å². The molecule has 0 unspecified atom stereocenters. The molecule has 0 aliphatic carbocycles. The van der Waals surface area contributed by atoms with Gasteiger partial charge in [-0.2, -0.15) is 14.9 Å². The Kier molecular flexibility index (Phi) is 6.98. The predicted octanol–water partition coefficient (Wildman–Crippen LogP) is 1.15. The lowest BCUT2D eigenvalue weighted by molar-refractivity contribution is -0.279. The van der Waals surface area contributed by atoms with Gasteiger partial charge in [-0.1, -0.05) is 6.08 Å². The van der Waals surface area contributed by atoms with Crippen LogP contribution in [0.4, 0.5) is 0 Å². The predicted molar refractivity (Wildman–Crippen MR) is 58.6 cm³/mol. The minimum atomic E-state index is -0.368. The number of hydrogen-bond donors (Lipinski definition) is 1. The van der Waals surface area contributed by atoms with Crippen molar-refractivity contribution < 1.29 is 14.9 Å². The second-order valence-corrected chi connectivity index (χ2v) is 3.67. The van der Waals surface area contributed by atoms with E-state index in [1.807, 2.05) is 20.8 Å². The van der Waals surface area contributed by atoms with Gasteiger partial charge in [0.15, 0.2) is 0 Å². The van der Waals surface area contributed by atoms with Gasteiger partial charge in [0.25, 0.3) is 0 Å². The van der Waals surface area contributed by atoms with Crippen molar-refractivity contribution in [1.29, 1.82) is 0 Å². The third-order valence-corrected chi connectivity index (χ3v) is 0.965. The van der Waals surface area contributed by atoms with Crippen LogP contribution < -0.4 is 4.89 Å². The second-order valence-electron chi connectivity index (χ2n) is 3.67. The Morgan fingerprint density at radius 3 is 2.25 bits per heavy atom. The summed E-state index contributed by atoms with van der Waals surface area (Å²) in [5, 5.41) is 7.76. The van der Waals surface area contributed by atoms with Gasteiger partial charge in [0.1, 0.15) is 18.3 Å². The van der Waals surface area contributed by atoms with Crippen LogP contribution in [0.2, 0.25) is 0 Å². The molecule has 0 spiro atoms. The molecule has 6 nitrogen and oxygen atoms in total. The maximum absolute atomic E-state index is 7.76. The first-order valence-corrected chi connectivity index (χ1v) is 4.69. The van der Waals surface area contributed by atoms with E-state index in [2.05, 4.69) is 21.5 Å². The minimum absolute atomic E-state index is 0.0833. The van der Waals surface area contributed by atoms with Gasteiger partial charge in [-0.15, -0.1) is 6.58 Å². The summed E-state index contributed by atoms with van der Waals surface area (Å²) in [4.78, 5) is 20.8. The van der Waals surface area contributed by atoms with Gasteiger partial charge in [-0.3, -0.25) is 4.89 Å².